The fourth-order valence-corrected chi connectivity index (χ4v) is 2.40. The lowest BCUT2D eigenvalue weighted by Crippen LogP contribution is -2.48. The van der Waals surface area contributed by atoms with Gasteiger partial charge in [-0.05, 0) is 24.6 Å². The van der Waals surface area contributed by atoms with Crippen molar-refractivity contribution in [1.82, 2.24) is 4.90 Å². The highest BCUT2D eigenvalue weighted by Gasteiger charge is 2.30. The number of morpholine rings is 1. The Balaban J connectivity index is 2.12. The van der Waals surface area contributed by atoms with Gasteiger partial charge in [-0.3, -0.25) is 4.79 Å². The normalized spacial score (nSPS) is 18.8. The van der Waals surface area contributed by atoms with Crippen LogP contribution in [-0.4, -0.2) is 49.7 Å². The Bertz CT molecular complexity index is 532. The molecule has 1 aliphatic rings. The summed E-state index contributed by atoms with van der Waals surface area (Å²) < 4.78 is 10.9. The molecular weight excluding hydrogens is 326 g/mol. The summed E-state index contributed by atoms with van der Waals surface area (Å²) in [7, 11) is 1.31. The van der Waals surface area contributed by atoms with Gasteiger partial charge in [-0.2, -0.15) is 0 Å². The van der Waals surface area contributed by atoms with Crippen LogP contribution in [-0.2, 0) is 14.3 Å². The van der Waals surface area contributed by atoms with Crippen molar-refractivity contribution in [3.05, 3.63) is 33.8 Å². The fourth-order valence-electron chi connectivity index (χ4n) is 2.02. The summed E-state index contributed by atoms with van der Waals surface area (Å²) in [6, 6.07) is 5.46. The van der Waals surface area contributed by atoms with Crippen LogP contribution in [0.1, 0.15) is 15.9 Å². The third-order valence-electron chi connectivity index (χ3n) is 3.24. The van der Waals surface area contributed by atoms with Crippen molar-refractivity contribution in [3.8, 4) is 0 Å². The van der Waals surface area contributed by atoms with E-state index in [4.69, 9.17) is 4.74 Å². The van der Waals surface area contributed by atoms with Crippen molar-refractivity contribution >= 4 is 27.8 Å². The third-order valence-corrected chi connectivity index (χ3v) is 4.09. The Morgan fingerprint density at radius 1 is 1.45 bits per heavy atom. The SMILES string of the molecule is COC(=O)C1CN(C(=O)c2ccc(C)c(Br)c2)CCO1. The number of rotatable bonds is 2. The first-order valence-corrected chi connectivity index (χ1v) is 7.07. The second-order valence-electron chi connectivity index (χ2n) is 4.60. The number of carbonyl (C=O) groups is 2. The van der Waals surface area contributed by atoms with E-state index in [1.807, 2.05) is 13.0 Å². The minimum absolute atomic E-state index is 0.108. The average molecular weight is 342 g/mol. The van der Waals surface area contributed by atoms with Gasteiger partial charge in [0.2, 0.25) is 0 Å². The zero-order valence-corrected chi connectivity index (χ0v) is 13.0. The second-order valence-corrected chi connectivity index (χ2v) is 5.45. The number of nitrogens with zero attached hydrogens (tertiary/aromatic N) is 1. The number of benzene rings is 1. The van der Waals surface area contributed by atoms with Crippen LogP contribution in [0.4, 0.5) is 0 Å². The highest BCUT2D eigenvalue weighted by molar-refractivity contribution is 9.10. The maximum Gasteiger partial charge on any atom is 0.336 e. The molecule has 1 aromatic carbocycles. The van der Waals surface area contributed by atoms with Crippen molar-refractivity contribution in [2.45, 2.75) is 13.0 Å². The molecule has 1 aliphatic heterocycles. The summed E-state index contributed by atoms with van der Waals surface area (Å²) in [6.45, 7) is 2.98. The molecule has 1 atom stereocenters. The number of amides is 1. The molecule has 1 saturated heterocycles. The zero-order valence-electron chi connectivity index (χ0n) is 11.4. The maximum atomic E-state index is 12.4. The maximum absolute atomic E-state index is 12.4. The quantitative estimate of drug-likeness (QED) is 0.769. The molecule has 20 heavy (non-hydrogen) atoms. The Hall–Kier alpha value is -1.40. The molecule has 6 heteroatoms. The summed E-state index contributed by atoms with van der Waals surface area (Å²) >= 11 is 3.42. The van der Waals surface area contributed by atoms with Gasteiger partial charge in [0.25, 0.3) is 5.91 Å². The lowest BCUT2D eigenvalue weighted by molar-refractivity contribution is -0.158. The van der Waals surface area contributed by atoms with Crippen LogP contribution in [0.5, 0.6) is 0 Å². The second kappa shape index (κ2) is 6.37. The molecule has 1 unspecified atom stereocenters. The molecule has 0 bridgehead atoms. The van der Waals surface area contributed by atoms with Crippen LogP contribution in [0.25, 0.3) is 0 Å². The van der Waals surface area contributed by atoms with Crippen molar-refractivity contribution < 1.29 is 19.1 Å². The largest absolute Gasteiger partial charge is 0.467 e. The molecule has 0 aliphatic carbocycles. The molecule has 0 radical (unpaired) electrons. The van der Waals surface area contributed by atoms with E-state index >= 15 is 0 Å². The predicted molar refractivity (Wildman–Crippen MR) is 76.5 cm³/mol. The van der Waals surface area contributed by atoms with Crippen LogP contribution in [0.2, 0.25) is 0 Å². The van der Waals surface area contributed by atoms with Gasteiger partial charge in [0.05, 0.1) is 20.3 Å². The highest BCUT2D eigenvalue weighted by atomic mass is 79.9. The molecule has 1 heterocycles. The van der Waals surface area contributed by atoms with Gasteiger partial charge in [-0.15, -0.1) is 0 Å². The fraction of sp³-hybridized carbons (Fsp3) is 0.429. The summed E-state index contributed by atoms with van der Waals surface area (Å²) in [6.07, 6.45) is -0.702. The van der Waals surface area contributed by atoms with Crippen molar-refractivity contribution in [1.29, 1.82) is 0 Å². The number of carbonyl (C=O) groups excluding carboxylic acids is 2. The number of hydrogen-bond acceptors (Lipinski definition) is 4. The Morgan fingerprint density at radius 2 is 2.20 bits per heavy atom. The van der Waals surface area contributed by atoms with Crippen LogP contribution in [0.3, 0.4) is 0 Å². The number of ether oxygens (including phenoxy) is 2. The molecule has 1 aromatic rings. The minimum atomic E-state index is -0.702. The van der Waals surface area contributed by atoms with Gasteiger partial charge in [-0.25, -0.2) is 4.79 Å². The number of halogens is 1. The summed E-state index contributed by atoms with van der Waals surface area (Å²) in [5, 5.41) is 0. The number of methoxy groups -OCH3 is 1. The van der Waals surface area contributed by atoms with Crippen LogP contribution in [0.15, 0.2) is 22.7 Å². The van der Waals surface area contributed by atoms with E-state index < -0.39 is 12.1 Å². The number of esters is 1. The molecular formula is C14H16BrNO4. The molecule has 0 saturated carbocycles. The van der Waals surface area contributed by atoms with Gasteiger partial charge >= 0.3 is 5.97 Å². The van der Waals surface area contributed by atoms with Gasteiger partial charge in [0.15, 0.2) is 6.10 Å². The standard InChI is InChI=1S/C14H16BrNO4/c1-9-3-4-10(7-11(9)15)13(17)16-5-6-20-12(8-16)14(18)19-2/h3-4,7,12H,5-6,8H2,1-2H3. The van der Waals surface area contributed by atoms with Crippen molar-refractivity contribution in [3.63, 3.8) is 0 Å². The molecule has 1 amide bonds. The van der Waals surface area contributed by atoms with E-state index in [2.05, 4.69) is 20.7 Å². The van der Waals surface area contributed by atoms with E-state index in [1.54, 1.807) is 17.0 Å². The molecule has 0 N–H and O–H groups in total. The smallest absolute Gasteiger partial charge is 0.336 e. The van der Waals surface area contributed by atoms with E-state index in [9.17, 15) is 9.59 Å². The topological polar surface area (TPSA) is 55.8 Å². The summed E-state index contributed by atoms with van der Waals surface area (Å²) in [5.74, 6) is -0.560. The van der Waals surface area contributed by atoms with Crippen LogP contribution < -0.4 is 0 Å². The van der Waals surface area contributed by atoms with Crippen LogP contribution in [0, 0.1) is 6.92 Å². The van der Waals surface area contributed by atoms with Gasteiger partial charge in [0, 0.05) is 16.6 Å². The van der Waals surface area contributed by atoms with E-state index in [1.165, 1.54) is 7.11 Å². The number of aryl methyl sites for hydroxylation is 1. The van der Waals surface area contributed by atoms with Gasteiger partial charge in [-0.1, -0.05) is 22.0 Å². The molecule has 5 nitrogen and oxygen atoms in total. The van der Waals surface area contributed by atoms with E-state index in [0.29, 0.717) is 18.7 Å². The minimum Gasteiger partial charge on any atom is -0.467 e. The average Bonchev–Trinajstić information content (AvgIpc) is 2.48. The van der Waals surface area contributed by atoms with Crippen LogP contribution >= 0.6 is 15.9 Å². The van der Waals surface area contributed by atoms with E-state index in [0.717, 1.165) is 10.0 Å². The third kappa shape index (κ3) is 3.19. The first kappa shape index (κ1) is 15.0. The van der Waals surface area contributed by atoms with Gasteiger partial charge in [0.1, 0.15) is 0 Å². The molecule has 108 valence electrons. The first-order valence-electron chi connectivity index (χ1n) is 6.27. The first-order chi connectivity index (χ1) is 9.52. The molecule has 0 aromatic heterocycles. The lowest BCUT2D eigenvalue weighted by atomic mass is 10.1. The summed E-state index contributed by atoms with van der Waals surface area (Å²) in [4.78, 5) is 25.5. The molecule has 0 spiro atoms. The Morgan fingerprint density at radius 3 is 2.85 bits per heavy atom. The Labute approximate surface area is 126 Å². The lowest BCUT2D eigenvalue weighted by Gasteiger charge is -2.31. The Kier molecular flexibility index (Phi) is 4.77. The summed E-state index contributed by atoms with van der Waals surface area (Å²) in [5.41, 5.74) is 1.66. The van der Waals surface area contributed by atoms with E-state index in [-0.39, 0.29) is 12.5 Å². The monoisotopic (exact) mass is 341 g/mol. The van der Waals surface area contributed by atoms with Crippen molar-refractivity contribution in [2.75, 3.05) is 26.8 Å². The zero-order chi connectivity index (χ0) is 14.7. The van der Waals surface area contributed by atoms with Gasteiger partial charge < -0.3 is 14.4 Å². The molecule has 2 rings (SSSR count). The number of hydrogen-bond donors (Lipinski definition) is 0. The predicted octanol–water partition coefficient (Wildman–Crippen LogP) is 1.77. The highest BCUT2D eigenvalue weighted by Crippen LogP contribution is 2.19. The van der Waals surface area contributed by atoms with Crippen molar-refractivity contribution in [2.24, 2.45) is 0 Å². The molecule has 1 fully saturated rings.